The predicted molar refractivity (Wildman–Crippen MR) is 117 cm³/mol. The summed E-state index contributed by atoms with van der Waals surface area (Å²) in [5.74, 6) is 2.21. The summed E-state index contributed by atoms with van der Waals surface area (Å²) in [6, 6.07) is 16.5. The third-order valence-corrected chi connectivity index (χ3v) is 6.75. The van der Waals surface area contributed by atoms with Crippen LogP contribution in [0, 0.1) is 0 Å². The Labute approximate surface area is 181 Å². The zero-order valence-electron chi connectivity index (χ0n) is 16.0. The van der Waals surface area contributed by atoms with Crippen LogP contribution in [-0.4, -0.2) is 24.9 Å². The molecule has 0 spiro atoms. The van der Waals surface area contributed by atoms with E-state index in [0.717, 1.165) is 27.9 Å². The molecular weight excluding hydrogens is 452 g/mol. The number of ether oxygens (including phenoxy) is 3. The number of methoxy groups -OCH3 is 2. The molecule has 0 amide bonds. The fourth-order valence-corrected chi connectivity index (χ4v) is 5.27. The molecule has 0 bridgehead atoms. The monoisotopic (exact) mass is 470 g/mol. The van der Waals surface area contributed by atoms with Crippen molar-refractivity contribution in [3.63, 3.8) is 0 Å². The number of benzene rings is 2. The van der Waals surface area contributed by atoms with Gasteiger partial charge >= 0.3 is 0 Å². The molecule has 148 valence electrons. The molecule has 0 N–H and O–H groups in total. The van der Waals surface area contributed by atoms with Gasteiger partial charge in [-0.15, -0.1) is 11.3 Å². The number of thiophene rings is 1. The lowest BCUT2D eigenvalue weighted by molar-refractivity contribution is -0.0192. The molecule has 2 aromatic carbocycles. The van der Waals surface area contributed by atoms with E-state index in [1.165, 1.54) is 10.4 Å². The van der Waals surface area contributed by atoms with Gasteiger partial charge in [-0.05, 0) is 45.6 Å². The molecule has 1 aromatic heterocycles. The molecule has 3 aromatic rings. The highest BCUT2D eigenvalue weighted by molar-refractivity contribution is 9.10. The van der Waals surface area contributed by atoms with Gasteiger partial charge in [0.15, 0.2) is 11.5 Å². The molecule has 0 radical (unpaired) electrons. The molecule has 0 fully saturated rings. The van der Waals surface area contributed by atoms with E-state index >= 15 is 0 Å². The lowest BCUT2D eigenvalue weighted by Crippen LogP contribution is -2.33. The van der Waals surface area contributed by atoms with Crippen LogP contribution in [0.15, 0.2) is 63.5 Å². The second-order valence-corrected chi connectivity index (χ2v) is 8.67. The van der Waals surface area contributed by atoms with Crippen LogP contribution in [0.2, 0.25) is 0 Å². The Morgan fingerprint density at radius 2 is 2.00 bits per heavy atom. The molecule has 29 heavy (non-hydrogen) atoms. The normalized spacial score (nSPS) is 19.8. The molecule has 5 nitrogen and oxygen atoms in total. The zero-order valence-corrected chi connectivity index (χ0v) is 18.4. The summed E-state index contributed by atoms with van der Waals surface area (Å²) in [4.78, 5) is 1.20. The van der Waals surface area contributed by atoms with Crippen molar-refractivity contribution in [2.75, 3.05) is 14.2 Å². The number of rotatable bonds is 4. The maximum atomic E-state index is 6.43. The third kappa shape index (κ3) is 3.09. The number of para-hydroxylation sites is 1. The fourth-order valence-electron chi connectivity index (χ4n) is 3.93. The van der Waals surface area contributed by atoms with Crippen LogP contribution in [0.1, 0.15) is 34.7 Å². The molecule has 2 aliphatic heterocycles. The smallest absolute Gasteiger partial charge is 0.214 e. The van der Waals surface area contributed by atoms with E-state index in [1.54, 1.807) is 25.6 Å². The molecule has 0 aliphatic carbocycles. The Morgan fingerprint density at radius 3 is 2.76 bits per heavy atom. The molecule has 7 heteroatoms. The van der Waals surface area contributed by atoms with Crippen LogP contribution in [-0.2, 0) is 0 Å². The van der Waals surface area contributed by atoms with Crippen molar-refractivity contribution in [3.8, 4) is 17.2 Å². The van der Waals surface area contributed by atoms with Gasteiger partial charge in [0.05, 0.1) is 35.3 Å². The van der Waals surface area contributed by atoms with E-state index in [1.807, 2.05) is 24.3 Å². The summed E-state index contributed by atoms with van der Waals surface area (Å²) in [6.07, 6.45) is 0.495. The van der Waals surface area contributed by atoms with Crippen LogP contribution >= 0.6 is 27.3 Å². The number of hydrogen-bond donors (Lipinski definition) is 0. The average molecular weight is 471 g/mol. The first-order chi connectivity index (χ1) is 14.2. The topological polar surface area (TPSA) is 43.3 Å². The van der Waals surface area contributed by atoms with Crippen molar-refractivity contribution < 1.29 is 14.2 Å². The van der Waals surface area contributed by atoms with E-state index in [-0.39, 0.29) is 12.3 Å². The van der Waals surface area contributed by atoms with Gasteiger partial charge in [-0.3, -0.25) is 0 Å². The average Bonchev–Trinajstić information content (AvgIpc) is 3.42. The van der Waals surface area contributed by atoms with Crippen molar-refractivity contribution in [2.24, 2.45) is 5.10 Å². The van der Waals surface area contributed by atoms with Gasteiger partial charge in [-0.25, -0.2) is 5.01 Å². The van der Waals surface area contributed by atoms with Crippen molar-refractivity contribution in [1.29, 1.82) is 0 Å². The number of fused-ring (bicyclic) bond motifs is 3. The molecule has 2 atom stereocenters. The minimum Gasteiger partial charge on any atom is -0.493 e. The highest BCUT2D eigenvalue weighted by Gasteiger charge is 2.41. The van der Waals surface area contributed by atoms with Crippen molar-refractivity contribution >= 4 is 33.0 Å². The Balaban J connectivity index is 1.62. The Bertz CT molecular complexity index is 1080. The zero-order chi connectivity index (χ0) is 20.0. The number of nitrogens with zero attached hydrogens (tertiary/aromatic N) is 2. The van der Waals surface area contributed by atoms with Gasteiger partial charge in [0.25, 0.3) is 0 Å². The fraction of sp³-hybridized carbons (Fsp3) is 0.227. The van der Waals surface area contributed by atoms with Gasteiger partial charge in [-0.2, -0.15) is 5.10 Å². The van der Waals surface area contributed by atoms with E-state index < -0.39 is 0 Å². The molecule has 3 heterocycles. The Morgan fingerprint density at radius 1 is 1.14 bits per heavy atom. The largest absolute Gasteiger partial charge is 0.493 e. The van der Waals surface area contributed by atoms with Crippen molar-refractivity contribution in [3.05, 3.63) is 74.4 Å². The summed E-state index contributed by atoms with van der Waals surface area (Å²) in [5.41, 5.74) is 3.21. The van der Waals surface area contributed by atoms with E-state index in [4.69, 9.17) is 19.3 Å². The van der Waals surface area contributed by atoms with E-state index in [2.05, 4.69) is 50.6 Å². The third-order valence-electron chi connectivity index (χ3n) is 5.25. The number of halogens is 1. The van der Waals surface area contributed by atoms with E-state index in [0.29, 0.717) is 11.5 Å². The molecule has 0 unspecified atom stereocenters. The first-order valence-corrected chi connectivity index (χ1v) is 10.9. The molecule has 0 saturated heterocycles. The van der Waals surface area contributed by atoms with Gasteiger partial charge < -0.3 is 14.2 Å². The van der Waals surface area contributed by atoms with Crippen molar-refractivity contribution in [2.45, 2.75) is 18.7 Å². The summed E-state index contributed by atoms with van der Waals surface area (Å²) in [7, 11) is 3.26. The SMILES string of the molecule is COc1cc([C@@H]2Oc3ccccc3[C@@H]3CC(c4cccs4)=NN32)cc(Br)c1OC. The van der Waals surface area contributed by atoms with Crippen LogP contribution in [0.4, 0.5) is 0 Å². The van der Waals surface area contributed by atoms with Gasteiger partial charge in [0, 0.05) is 17.5 Å². The van der Waals surface area contributed by atoms with Crippen LogP contribution in [0.3, 0.4) is 0 Å². The Kier molecular flexibility index (Phi) is 4.72. The van der Waals surface area contributed by atoms with Crippen molar-refractivity contribution in [1.82, 2.24) is 5.01 Å². The minimum atomic E-state index is -0.358. The number of hydrazone groups is 1. The Hall–Kier alpha value is -2.51. The highest BCUT2D eigenvalue weighted by Crippen LogP contribution is 2.49. The van der Waals surface area contributed by atoms with Crippen LogP contribution < -0.4 is 14.2 Å². The lowest BCUT2D eigenvalue weighted by Gasteiger charge is -2.38. The van der Waals surface area contributed by atoms with Gasteiger partial charge in [0.1, 0.15) is 5.75 Å². The summed E-state index contributed by atoms with van der Waals surface area (Å²) in [6.45, 7) is 0. The second kappa shape index (κ2) is 7.39. The molecular formula is C22H19BrN2O3S. The summed E-state index contributed by atoms with van der Waals surface area (Å²) >= 11 is 5.32. The molecule has 5 rings (SSSR count). The van der Waals surface area contributed by atoms with Crippen LogP contribution in [0.5, 0.6) is 17.2 Å². The maximum Gasteiger partial charge on any atom is 0.214 e. The molecule has 0 saturated carbocycles. The molecule has 2 aliphatic rings. The number of hydrogen-bond acceptors (Lipinski definition) is 6. The lowest BCUT2D eigenvalue weighted by atomic mass is 9.97. The van der Waals surface area contributed by atoms with Gasteiger partial charge in [-0.1, -0.05) is 24.3 Å². The standard InChI is InChI=1S/C22H19BrN2O3S/c1-26-19-11-13(10-15(23)21(19)27-2)22-25-17(14-6-3-4-7-18(14)28-22)12-16(24-25)20-8-5-9-29-20/h3-11,17,22H,12H2,1-2H3/t17-,22-/m0/s1. The predicted octanol–water partition coefficient (Wildman–Crippen LogP) is 5.77. The first-order valence-electron chi connectivity index (χ1n) is 9.26. The van der Waals surface area contributed by atoms with Gasteiger partial charge in [0.2, 0.25) is 6.23 Å². The highest BCUT2D eigenvalue weighted by atomic mass is 79.9. The second-order valence-electron chi connectivity index (χ2n) is 6.87. The quantitative estimate of drug-likeness (QED) is 0.485. The first kappa shape index (κ1) is 18.5. The maximum absolute atomic E-state index is 6.43. The minimum absolute atomic E-state index is 0.133. The van der Waals surface area contributed by atoms with E-state index in [9.17, 15) is 0 Å². The summed E-state index contributed by atoms with van der Waals surface area (Å²) in [5, 5.41) is 9.15. The van der Waals surface area contributed by atoms with Crippen LogP contribution in [0.25, 0.3) is 0 Å². The summed E-state index contributed by atoms with van der Waals surface area (Å²) < 4.78 is 18.3.